The van der Waals surface area contributed by atoms with Crippen molar-refractivity contribution in [1.82, 2.24) is 24.3 Å². The molecule has 7 rings (SSSR count). The number of rotatable bonds is 12. The first-order valence-electron chi connectivity index (χ1n) is 17.6. The molecule has 4 heterocycles. The zero-order chi connectivity index (χ0) is 35.4. The predicted molar refractivity (Wildman–Crippen MR) is 201 cm³/mol. The lowest BCUT2D eigenvalue weighted by Crippen LogP contribution is -2.42. The number of para-hydroxylation sites is 2. The number of ether oxygens (including phenoxy) is 3. The number of carbonyl (C=O) groups is 1. The number of anilines is 1. The lowest BCUT2D eigenvalue weighted by molar-refractivity contribution is 0.0779. The minimum Gasteiger partial charge on any atom is -0.493 e. The Morgan fingerprint density at radius 2 is 1.65 bits per heavy atom. The van der Waals surface area contributed by atoms with Crippen LogP contribution in [0.25, 0.3) is 11.0 Å². The van der Waals surface area contributed by atoms with Crippen molar-refractivity contribution < 1.29 is 19.0 Å². The van der Waals surface area contributed by atoms with Crippen LogP contribution in [0.5, 0.6) is 17.2 Å². The molecule has 0 spiro atoms. The van der Waals surface area contributed by atoms with Crippen LogP contribution in [0.3, 0.4) is 0 Å². The van der Waals surface area contributed by atoms with Crippen LogP contribution in [0, 0.1) is 0 Å². The molecular formula is C40H45ClN6O4. The number of nitrogens with zero attached hydrogens (tertiary/aromatic N) is 5. The summed E-state index contributed by atoms with van der Waals surface area (Å²) in [5.41, 5.74) is 4.63. The number of methoxy groups -OCH3 is 3. The van der Waals surface area contributed by atoms with Gasteiger partial charge in [0.05, 0.1) is 44.6 Å². The van der Waals surface area contributed by atoms with Crippen LogP contribution < -0.4 is 19.5 Å². The average molecular weight is 709 g/mol. The fraction of sp³-hybridized carbons (Fsp3) is 0.375. The first-order valence-corrected chi connectivity index (χ1v) is 18.0. The number of pyridine rings is 1. The molecule has 1 unspecified atom stereocenters. The van der Waals surface area contributed by atoms with Crippen molar-refractivity contribution in [1.29, 1.82) is 0 Å². The van der Waals surface area contributed by atoms with Crippen molar-refractivity contribution in [2.45, 2.75) is 43.7 Å². The highest BCUT2D eigenvalue weighted by atomic mass is 35.5. The van der Waals surface area contributed by atoms with Crippen molar-refractivity contribution in [2.75, 3.05) is 59.4 Å². The predicted octanol–water partition coefficient (Wildman–Crippen LogP) is 6.91. The molecule has 5 aromatic rings. The number of piperidine rings is 1. The van der Waals surface area contributed by atoms with Gasteiger partial charge in [-0.2, -0.15) is 0 Å². The summed E-state index contributed by atoms with van der Waals surface area (Å²) < 4.78 is 18.8. The second kappa shape index (κ2) is 15.2. The summed E-state index contributed by atoms with van der Waals surface area (Å²) in [4.78, 5) is 28.0. The van der Waals surface area contributed by atoms with Crippen molar-refractivity contribution in [3.8, 4) is 17.2 Å². The van der Waals surface area contributed by atoms with E-state index in [1.54, 1.807) is 33.5 Å². The molecule has 0 aliphatic carbocycles. The Labute approximate surface area is 304 Å². The van der Waals surface area contributed by atoms with E-state index in [0.717, 1.165) is 68.0 Å². The number of nitrogens with one attached hydrogen (secondary N) is 1. The Kier molecular flexibility index (Phi) is 10.3. The lowest BCUT2D eigenvalue weighted by atomic mass is 9.76. The van der Waals surface area contributed by atoms with Gasteiger partial charge in [-0.3, -0.25) is 9.78 Å². The summed E-state index contributed by atoms with van der Waals surface area (Å²) >= 11 is 6.33. The van der Waals surface area contributed by atoms with E-state index >= 15 is 0 Å². The maximum Gasteiger partial charge on any atom is 0.254 e. The van der Waals surface area contributed by atoms with Crippen molar-refractivity contribution in [3.63, 3.8) is 0 Å². The van der Waals surface area contributed by atoms with Crippen LogP contribution in [-0.4, -0.2) is 90.3 Å². The molecule has 3 aromatic carbocycles. The number of amides is 1. The number of likely N-dealkylation sites (tertiary alicyclic amines) is 2. The van der Waals surface area contributed by atoms with Gasteiger partial charge in [-0.25, -0.2) is 4.98 Å². The van der Waals surface area contributed by atoms with Gasteiger partial charge in [0, 0.05) is 54.4 Å². The summed E-state index contributed by atoms with van der Waals surface area (Å²) in [7, 11) is 4.68. The SMILES string of the molecule is COc1cc(C(=O)N2CCC(CCN3CCC(Nc4nc5ccccc5n4Cc4ccccn4)CC3)(c3ccc(Cl)cc3)C2)cc(OC)c1OC. The molecule has 0 saturated carbocycles. The van der Waals surface area contributed by atoms with Crippen LogP contribution in [-0.2, 0) is 12.0 Å². The van der Waals surface area contributed by atoms with Gasteiger partial charge in [-0.1, -0.05) is 41.9 Å². The number of fused-ring (bicyclic) bond motifs is 1. The molecule has 2 aliphatic heterocycles. The third-order valence-electron chi connectivity index (χ3n) is 10.5. The number of carbonyl (C=O) groups excluding carboxylic acids is 1. The maximum atomic E-state index is 14.0. The van der Waals surface area contributed by atoms with E-state index in [1.165, 1.54) is 5.56 Å². The molecule has 0 radical (unpaired) electrons. The molecular weight excluding hydrogens is 664 g/mol. The van der Waals surface area contributed by atoms with Crippen LogP contribution >= 0.6 is 11.6 Å². The number of imidazole rings is 1. The second-order valence-corrected chi connectivity index (χ2v) is 14.0. The number of halogens is 1. The zero-order valence-corrected chi connectivity index (χ0v) is 30.2. The summed E-state index contributed by atoms with van der Waals surface area (Å²) in [6.45, 7) is 4.86. The van der Waals surface area contributed by atoms with Gasteiger partial charge >= 0.3 is 0 Å². The van der Waals surface area contributed by atoms with E-state index in [-0.39, 0.29) is 11.3 Å². The fourth-order valence-corrected chi connectivity index (χ4v) is 7.80. The van der Waals surface area contributed by atoms with Crippen LogP contribution in [0.4, 0.5) is 5.95 Å². The van der Waals surface area contributed by atoms with Crippen LogP contribution in [0.2, 0.25) is 5.02 Å². The van der Waals surface area contributed by atoms with E-state index in [9.17, 15) is 4.79 Å². The third kappa shape index (κ3) is 7.34. The number of hydrogen-bond acceptors (Lipinski definition) is 8. The molecule has 266 valence electrons. The fourth-order valence-electron chi connectivity index (χ4n) is 7.68. The summed E-state index contributed by atoms with van der Waals surface area (Å²) in [6.07, 6.45) is 5.69. The van der Waals surface area contributed by atoms with Gasteiger partial charge < -0.3 is 33.9 Å². The van der Waals surface area contributed by atoms with Gasteiger partial charge in [0.2, 0.25) is 11.7 Å². The highest BCUT2D eigenvalue weighted by Gasteiger charge is 2.42. The zero-order valence-electron chi connectivity index (χ0n) is 29.5. The summed E-state index contributed by atoms with van der Waals surface area (Å²) in [6, 6.07) is 26.3. The molecule has 2 aliphatic rings. The van der Waals surface area contributed by atoms with Crippen LogP contribution in [0.1, 0.15) is 47.3 Å². The standard InChI is InChI=1S/C40H45ClN6O4/c1-49-35-24-28(25-36(50-2)37(35)51-3)38(48)46-23-18-40(27-46,29-11-13-30(41)14-12-29)17-22-45-20-15-31(16-21-45)43-39-44-33-9-4-5-10-34(33)47(39)26-32-8-6-7-19-42-32/h4-14,19,24-25,31H,15-18,20-23,26-27H2,1-3H3,(H,43,44). The van der Waals surface area contributed by atoms with Gasteiger partial charge in [-0.15, -0.1) is 0 Å². The monoisotopic (exact) mass is 708 g/mol. The Bertz CT molecular complexity index is 1940. The van der Waals surface area contributed by atoms with E-state index in [2.05, 4.69) is 56.2 Å². The van der Waals surface area contributed by atoms with E-state index in [1.807, 2.05) is 41.4 Å². The molecule has 2 saturated heterocycles. The second-order valence-electron chi connectivity index (χ2n) is 13.5. The molecule has 10 nitrogen and oxygen atoms in total. The van der Waals surface area contributed by atoms with Crippen LogP contribution in [0.15, 0.2) is 85.1 Å². The molecule has 0 bridgehead atoms. The Morgan fingerprint density at radius 3 is 2.33 bits per heavy atom. The molecule has 11 heteroatoms. The quantitative estimate of drug-likeness (QED) is 0.150. The first-order chi connectivity index (χ1) is 24.9. The van der Waals surface area contributed by atoms with E-state index in [4.69, 9.17) is 30.8 Å². The largest absolute Gasteiger partial charge is 0.493 e. The van der Waals surface area contributed by atoms with Gasteiger partial charge in [-0.05, 0) is 86.3 Å². The van der Waals surface area contributed by atoms with Gasteiger partial charge in [0.25, 0.3) is 5.91 Å². The average Bonchev–Trinajstić information content (AvgIpc) is 3.76. The van der Waals surface area contributed by atoms with Gasteiger partial charge in [0.1, 0.15) is 0 Å². The van der Waals surface area contributed by atoms with Crippen molar-refractivity contribution in [2.24, 2.45) is 0 Å². The number of hydrogen-bond donors (Lipinski definition) is 1. The van der Waals surface area contributed by atoms with Crippen molar-refractivity contribution in [3.05, 3.63) is 107 Å². The number of aromatic nitrogens is 3. The Morgan fingerprint density at radius 1 is 0.922 bits per heavy atom. The molecule has 1 N–H and O–H groups in total. The normalized spacial score (nSPS) is 18.2. The topological polar surface area (TPSA) is 94.0 Å². The Balaban J connectivity index is 1.02. The first kappa shape index (κ1) is 34.6. The smallest absolute Gasteiger partial charge is 0.254 e. The molecule has 1 atom stereocenters. The Hall–Kier alpha value is -4.80. The lowest BCUT2D eigenvalue weighted by Gasteiger charge is -2.36. The van der Waals surface area contributed by atoms with Gasteiger partial charge in [0.15, 0.2) is 11.5 Å². The highest BCUT2D eigenvalue weighted by molar-refractivity contribution is 6.30. The minimum atomic E-state index is -0.188. The third-order valence-corrected chi connectivity index (χ3v) is 10.8. The van der Waals surface area contributed by atoms with Crippen molar-refractivity contribution >= 4 is 34.5 Å². The molecule has 51 heavy (non-hydrogen) atoms. The highest BCUT2D eigenvalue weighted by Crippen LogP contribution is 2.42. The minimum absolute atomic E-state index is 0.0500. The molecule has 2 fully saturated rings. The summed E-state index contributed by atoms with van der Waals surface area (Å²) in [5, 5.41) is 4.50. The van der Waals surface area contributed by atoms with E-state index in [0.29, 0.717) is 53.5 Å². The summed E-state index contributed by atoms with van der Waals surface area (Å²) in [5.74, 6) is 2.24. The van der Waals surface area contributed by atoms with E-state index < -0.39 is 0 Å². The number of benzene rings is 3. The molecule has 2 aromatic heterocycles. The maximum absolute atomic E-state index is 14.0. The molecule has 1 amide bonds.